The Bertz CT molecular complexity index is 991. The van der Waals surface area contributed by atoms with E-state index < -0.39 is 5.91 Å². The smallest absolute Gasteiger partial charge is 0.261 e. The summed E-state index contributed by atoms with van der Waals surface area (Å²) >= 11 is 0. The summed E-state index contributed by atoms with van der Waals surface area (Å²) in [6.45, 7) is 0. The van der Waals surface area contributed by atoms with Crippen molar-refractivity contribution in [2.75, 3.05) is 12.4 Å². The summed E-state index contributed by atoms with van der Waals surface area (Å²) in [6, 6.07) is 14.0. The van der Waals surface area contributed by atoms with Crippen molar-refractivity contribution in [1.82, 2.24) is 10.3 Å². The van der Waals surface area contributed by atoms with Crippen molar-refractivity contribution in [3.63, 3.8) is 0 Å². The summed E-state index contributed by atoms with van der Waals surface area (Å²) in [5.74, 6) is -0.564. The second-order valence-corrected chi connectivity index (χ2v) is 5.58. The Hall–Kier alpha value is -3.41. The first-order valence-corrected chi connectivity index (χ1v) is 7.80. The maximum Gasteiger partial charge on any atom is 0.261 e. The average molecular weight is 335 g/mol. The highest BCUT2D eigenvalue weighted by atomic mass is 16.2. The van der Waals surface area contributed by atoms with Crippen molar-refractivity contribution in [3.8, 4) is 0 Å². The number of para-hydroxylation sites is 1. The molecule has 0 fully saturated rings. The molecule has 6 nitrogen and oxygen atoms in total. The standard InChI is InChI=1S/C19H17N3O3/c1-20-17(23)10-12-6-8-13(9-7-12)22-19(25)15-11-21-16-5-3-2-4-14(16)18(15)24/h2-9,11H,10H2,1H3,(H,20,23)(H,21,24)(H,22,25). The molecule has 3 N–H and O–H groups in total. The number of nitrogens with one attached hydrogen (secondary N) is 3. The van der Waals surface area contributed by atoms with E-state index in [0.717, 1.165) is 5.56 Å². The first-order valence-electron chi connectivity index (χ1n) is 7.80. The Morgan fingerprint density at radius 2 is 1.76 bits per heavy atom. The van der Waals surface area contributed by atoms with Crippen molar-refractivity contribution in [3.05, 3.63) is 76.1 Å². The van der Waals surface area contributed by atoms with Crippen molar-refractivity contribution in [2.45, 2.75) is 6.42 Å². The van der Waals surface area contributed by atoms with Crippen LogP contribution in [0.2, 0.25) is 0 Å². The van der Waals surface area contributed by atoms with Gasteiger partial charge in [0.05, 0.1) is 6.42 Å². The number of anilines is 1. The summed E-state index contributed by atoms with van der Waals surface area (Å²) in [4.78, 5) is 39.1. The van der Waals surface area contributed by atoms with E-state index in [1.54, 1.807) is 49.5 Å². The molecule has 0 spiro atoms. The van der Waals surface area contributed by atoms with Gasteiger partial charge < -0.3 is 15.6 Å². The number of amides is 2. The van der Waals surface area contributed by atoms with Crippen molar-refractivity contribution >= 4 is 28.4 Å². The molecule has 6 heteroatoms. The minimum atomic E-state index is -0.481. The van der Waals surface area contributed by atoms with Gasteiger partial charge in [-0.15, -0.1) is 0 Å². The molecule has 0 unspecified atom stereocenters. The summed E-state index contributed by atoms with van der Waals surface area (Å²) in [7, 11) is 1.58. The first-order chi connectivity index (χ1) is 12.1. The Kier molecular flexibility index (Phi) is 4.61. The van der Waals surface area contributed by atoms with E-state index in [0.29, 0.717) is 16.6 Å². The molecule has 0 saturated heterocycles. The van der Waals surface area contributed by atoms with Crippen LogP contribution in [0.5, 0.6) is 0 Å². The molecule has 2 amide bonds. The third-order valence-electron chi connectivity index (χ3n) is 3.89. The summed E-state index contributed by atoms with van der Waals surface area (Å²) in [5.41, 5.74) is 1.80. The fraction of sp³-hybridized carbons (Fsp3) is 0.105. The molecule has 1 aromatic heterocycles. The highest BCUT2D eigenvalue weighted by Gasteiger charge is 2.13. The van der Waals surface area contributed by atoms with Gasteiger partial charge in [0.2, 0.25) is 11.3 Å². The lowest BCUT2D eigenvalue weighted by Crippen LogP contribution is -2.22. The van der Waals surface area contributed by atoms with Gasteiger partial charge in [0.15, 0.2) is 0 Å². The number of carbonyl (C=O) groups excluding carboxylic acids is 2. The van der Waals surface area contributed by atoms with Gasteiger partial charge in [-0.2, -0.15) is 0 Å². The quantitative estimate of drug-likeness (QED) is 0.682. The molecule has 0 aliphatic rings. The lowest BCUT2D eigenvalue weighted by atomic mass is 10.1. The number of fused-ring (bicyclic) bond motifs is 1. The number of benzene rings is 2. The molecule has 0 saturated carbocycles. The summed E-state index contributed by atoms with van der Waals surface area (Å²) in [6.07, 6.45) is 1.69. The number of aromatic amines is 1. The first kappa shape index (κ1) is 16.4. The van der Waals surface area contributed by atoms with Gasteiger partial charge in [-0.3, -0.25) is 14.4 Å². The second kappa shape index (κ2) is 7.00. The third kappa shape index (κ3) is 3.58. The molecule has 0 aliphatic heterocycles. The van der Waals surface area contributed by atoms with Crippen LogP contribution in [0.15, 0.2) is 59.5 Å². The molecule has 3 rings (SSSR count). The normalized spacial score (nSPS) is 10.4. The van der Waals surface area contributed by atoms with Crippen molar-refractivity contribution < 1.29 is 9.59 Å². The number of aromatic nitrogens is 1. The predicted molar refractivity (Wildman–Crippen MR) is 96.7 cm³/mol. The molecular weight excluding hydrogens is 318 g/mol. The van der Waals surface area contributed by atoms with Gasteiger partial charge in [-0.1, -0.05) is 24.3 Å². The van der Waals surface area contributed by atoms with Crippen LogP contribution in [-0.4, -0.2) is 23.8 Å². The number of H-pyrrole nitrogens is 1. The van der Waals surface area contributed by atoms with Gasteiger partial charge >= 0.3 is 0 Å². The minimum absolute atomic E-state index is 0.0492. The number of rotatable bonds is 4. The van der Waals surface area contributed by atoms with E-state index in [1.165, 1.54) is 6.20 Å². The SMILES string of the molecule is CNC(=O)Cc1ccc(NC(=O)c2c[nH]c3ccccc3c2=O)cc1. The Morgan fingerprint density at radius 3 is 2.48 bits per heavy atom. The topological polar surface area (TPSA) is 91.1 Å². The number of likely N-dealkylation sites (N-methyl/N-ethyl adjacent to an activating group) is 1. The maximum absolute atomic E-state index is 12.4. The van der Waals surface area contributed by atoms with Crippen LogP contribution in [0.4, 0.5) is 5.69 Å². The van der Waals surface area contributed by atoms with Crippen LogP contribution in [0.25, 0.3) is 10.9 Å². The molecule has 0 radical (unpaired) electrons. The van der Waals surface area contributed by atoms with Crippen LogP contribution < -0.4 is 16.1 Å². The highest BCUT2D eigenvalue weighted by Crippen LogP contribution is 2.12. The molecule has 3 aromatic rings. The number of hydrogen-bond donors (Lipinski definition) is 3. The van der Waals surface area contributed by atoms with Crippen molar-refractivity contribution in [1.29, 1.82) is 0 Å². The van der Waals surface area contributed by atoms with Crippen LogP contribution in [-0.2, 0) is 11.2 Å². The zero-order valence-corrected chi connectivity index (χ0v) is 13.6. The number of carbonyl (C=O) groups is 2. The van der Waals surface area contributed by atoms with Crippen LogP contribution in [0.3, 0.4) is 0 Å². The minimum Gasteiger partial charge on any atom is -0.360 e. The fourth-order valence-electron chi connectivity index (χ4n) is 2.51. The molecular formula is C19H17N3O3. The van der Waals surface area contributed by atoms with Crippen LogP contribution >= 0.6 is 0 Å². The van der Waals surface area contributed by atoms with E-state index in [2.05, 4.69) is 15.6 Å². The molecule has 126 valence electrons. The van der Waals surface area contributed by atoms with E-state index >= 15 is 0 Å². The Balaban J connectivity index is 1.79. The molecule has 1 heterocycles. The van der Waals surface area contributed by atoms with E-state index in [-0.39, 0.29) is 23.3 Å². The predicted octanol–water partition coefficient (Wildman–Crippen LogP) is 2.07. The summed E-state index contributed by atoms with van der Waals surface area (Å²) in [5, 5.41) is 5.72. The zero-order valence-electron chi connectivity index (χ0n) is 13.6. The lowest BCUT2D eigenvalue weighted by Gasteiger charge is -2.07. The fourth-order valence-corrected chi connectivity index (χ4v) is 2.51. The van der Waals surface area contributed by atoms with Gasteiger partial charge in [0.1, 0.15) is 5.56 Å². The second-order valence-electron chi connectivity index (χ2n) is 5.58. The Labute approximate surface area is 143 Å². The Morgan fingerprint density at radius 1 is 1.04 bits per heavy atom. The van der Waals surface area contributed by atoms with E-state index in [1.807, 2.05) is 6.07 Å². The van der Waals surface area contributed by atoms with Gasteiger partial charge in [-0.25, -0.2) is 0 Å². The zero-order chi connectivity index (χ0) is 17.8. The molecule has 0 aliphatic carbocycles. The molecule has 0 atom stereocenters. The maximum atomic E-state index is 12.4. The number of hydrogen-bond acceptors (Lipinski definition) is 3. The lowest BCUT2D eigenvalue weighted by molar-refractivity contribution is -0.119. The third-order valence-corrected chi connectivity index (χ3v) is 3.89. The molecule has 0 bridgehead atoms. The molecule has 2 aromatic carbocycles. The van der Waals surface area contributed by atoms with Gasteiger partial charge in [0.25, 0.3) is 5.91 Å². The number of pyridine rings is 1. The van der Waals surface area contributed by atoms with Gasteiger partial charge in [-0.05, 0) is 29.8 Å². The summed E-state index contributed by atoms with van der Waals surface area (Å²) < 4.78 is 0. The van der Waals surface area contributed by atoms with Crippen molar-refractivity contribution in [2.24, 2.45) is 0 Å². The average Bonchev–Trinajstić information content (AvgIpc) is 2.63. The van der Waals surface area contributed by atoms with Crippen LogP contribution in [0, 0.1) is 0 Å². The van der Waals surface area contributed by atoms with E-state index in [4.69, 9.17) is 0 Å². The van der Waals surface area contributed by atoms with Gasteiger partial charge in [0, 0.05) is 29.8 Å². The molecule has 25 heavy (non-hydrogen) atoms. The monoisotopic (exact) mass is 335 g/mol. The largest absolute Gasteiger partial charge is 0.360 e. The van der Waals surface area contributed by atoms with E-state index in [9.17, 15) is 14.4 Å². The highest BCUT2D eigenvalue weighted by molar-refractivity contribution is 6.05. The van der Waals surface area contributed by atoms with Crippen LogP contribution in [0.1, 0.15) is 15.9 Å².